The van der Waals surface area contributed by atoms with E-state index >= 15 is 0 Å². The van der Waals surface area contributed by atoms with Gasteiger partial charge in [0, 0.05) is 13.0 Å². The third kappa shape index (κ3) is 7.15. The lowest BCUT2D eigenvalue weighted by Crippen LogP contribution is -2.38. The van der Waals surface area contributed by atoms with Gasteiger partial charge in [-0.1, -0.05) is 52.9 Å². The summed E-state index contributed by atoms with van der Waals surface area (Å²) in [6.45, 7) is 9.05. The van der Waals surface area contributed by atoms with Crippen molar-refractivity contribution in [2.45, 2.75) is 91.1 Å². The number of hydrogen-bond acceptors (Lipinski definition) is 2. The van der Waals surface area contributed by atoms with Crippen molar-refractivity contribution < 1.29 is 9.53 Å². The molecule has 0 aliphatic heterocycles. The second-order valence-corrected chi connectivity index (χ2v) is 5.42. The number of ketones is 1. The lowest BCUT2D eigenvalue weighted by atomic mass is 9.90. The fraction of sp³-hybridized carbons (Fsp3) is 0.938. The normalized spacial score (nSPS) is 14.4. The van der Waals surface area contributed by atoms with Gasteiger partial charge in [0.1, 0.15) is 5.60 Å². The number of rotatable bonds is 12. The van der Waals surface area contributed by atoms with E-state index in [1.165, 1.54) is 25.7 Å². The van der Waals surface area contributed by atoms with E-state index in [9.17, 15) is 4.79 Å². The number of hydrogen-bond donors (Lipinski definition) is 0. The third-order valence-corrected chi connectivity index (χ3v) is 3.45. The first kappa shape index (κ1) is 17.6. The lowest BCUT2D eigenvalue weighted by molar-refractivity contribution is -0.143. The molecule has 0 heterocycles. The van der Waals surface area contributed by atoms with Crippen molar-refractivity contribution in [3.8, 4) is 0 Å². The zero-order valence-electron chi connectivity index (χ0n) is 12.9. The topological polar surface area (TPSA) is 26.3 Å². The first-order valence-electron chi connectivity index (χ1n) is 7.78. The molecule has 108 valence electrons. The molecular formula is C16H32O2. The van der Waals surface area contributed by atoms with Crippen LogP contribution in [-0.4, -0.2) is 18.0 Å². The Morgan fingerprint density at radius 3 is 2.17 bits per heavy atom. The number of carbonyl (C=O) groups excluding carboxylic acids is 1. The summed E-state index contributed by atoms with van der Waals surface area (Å²) in [5, 5.41) is 0. The summed E-state index contributed by atoms with van der Waals surface area (Å²) in [6.07, 6.45) is 9.60. The molecule has 0 rings (SSSR count). The summed E-state index contributed by atoms with van der Waals surface area (Å²) in [7, 11) is 0. The van der Waals surface area contributed by atoms with Gasteiger partial charge in [-0.2, -0.15) is 0 Å². The highest BCUT2D eigenvalue weighted by Gasteiger charge is 2.32. The summed E-state index contributed by atoms with van der Waals surface area (Å²) < 4.78 is 5.85. The fourth-order valence-corrected chi connectivity index (χ4v) is 2.18. The number of carbonyl (C=O) groups is 1. The predicted octanol–water partition coefficient (Wildman–Crippen LogP) is 4.90. The number of Topliss-reactive ketones (excluding diaryl/α,β-unsaturated/α-hetero) is 1. The minimum Gasteiger partial charge on any atom is -0.368 e. The summed E-state index contributed by atoms with van der Waals surface area (Å²) in [4.78, 5) is 12.2. The van der Waals surface area contributed by atoms with Crippen LogP contribution in [0.3, 0.4) is 0 Å². The Balaban J connectivity index is 4.15. The maximum atomic E-state index is 12.2. The molecule has 0 aromatic heterocycles. The first-order chi connectivity index (χ1) is 8.60. The highest BCUT2D eigenvalue weighted by Crippen LogP contribution is 2.23. The van der Waals surface area contributed by atoms with Crippen LogP contribution in [0.25, 0.3) is 0 Å². The highest BCUT2D eigenvalue weighted by molar-refractivity contribution is 5.86. The van der Waals surface area contributed by atoms with Gasteiger partial charge in [0.25, 0.3) is 0 Å². The van der Waals surface area contributed by atoms with E-state index in [2.05, 4.69) is 20.8 Å². The van der Waals surface area contributed by atoms with Crippen LogP contribution in [0.1, 0.15) is 85.5 Å². The quantitative estimate of drug-likeness (QED) is 0.464. The zero-order valence-corrected chi connectivity index (χ0v) is 12.9. The maximum absolute atomic E-state index is 12.2. The zero-order chi connectivity index (χ0) is 13.9. The molecule has 0 aromatic carbocycles. The SMILES string of the molecule is CCCCCCCC(C)(OCCC)C(=O)CCC. The van der Waals surface area contributed by atoms with Crippen LogP contribution < -0.4 is 0 Å². The molecule has 0 amide bonds. The Hall–Kier alpha value is -0.370. The fourth-order valence-electron chi connectivity index (χ4n) is 2.18. The van der Waals surface area contributed by atoms with Crippen molar-refractivity contribution in [3.63, 3.8) is 0 Å². The van der Waals surface area contributed by atoms with E-state index in [1.54, 1.807) is 0 Å². The van der Waals surface area contributed by atoms with Crippen LogP contribution in [0.2, 0.25) is 0 Å². The van der Waals surface area contributed by atoms with Crippen LogP contribution in [0.4, 0.5) is 0 Å². The summed E-state index contributed by atoms with van der Waals surface area (Å²) >= 11 is 0. The average molecular weight is 256 g/mol. The molecule has 0 bridgehead atoms. The summed E-state index contributed by atoms with van der Waals surface area (Å²) in [5.41, 5.74) is -0.530. The molecule has 1 unspecified atom stereocenters. The number of ether oxygens (including phenoxy) is 1. The second kappa shape index (κ2) is 10.5. The molecule has 0 N–H and O–H groups in total. The van der Waals surface area contributed by atoms with Gasteiger partial charge in [0.15, 0.2) is 5.78 Å². The molecule has 0 radical (unpaired) electrons. The van der Waals surface area contributed by atoms with E-state index in [-0.39, 0.29) is 5.78 Å². The van der Waals surface area contributed by atoms with Crippen molar-refractivity contribution in [1.29, 1.82) is 0 Å². The summed E-state index contributed by atoms with van der Waals surface area (Å²) in [5.74, 6) is 0.286. The molecule has 1 atom stereocenters. The van der Waals surface area contributed by atoms with Crippen molar-refractivity contribution in [1.82, 2.24) is 0 Å². The van der Waals surface area contributed by atoms with Crippen molar-refractivity contribution in [2.24, 2.45) is 0 Å². The molecule has 0 saturated carbocycles. The first-order valence-corrected chi connectivity index (χ1v) is 7.78. The van der Waals surface area contributed by atoms with E-state index in [4.69, 9.17) is 4.74 Å². The van der Waals surface area contributed by atoms with E-state index < -0.39 is 5.60 Å². The van der Waals surface area contributed by atoms with Crippen LogP contribution >= 0.6 is 0 Å². The Bertz CT molecular complexity index is 213. The molecule has 18 heavy (non-hydrogen) atoms. The van der Waals surface area contributed by atoms with Crippen LogP contribution in [-0.2, 0) is 9.53 Å². The second-order valence-electron chi connectivity index (χ2n) is 5.42. The monoisotopic (exact) mass is 256 g/mol. The van der Waals surface area contributed by atoms with Gasteiger partial charge in [0.05, 0.1) is 0 Å². The standard InChI is InChI=1S/C16H32O2/c1-5-8-9-10-11-13-16(4,18-14-7-3)15(17)12-6-2/h5-14H2,1-4H3. The molecule has 0 spiro atoms. The van der Waals surface area contributed by atoms with Crippen LogP contribution in [0, 0.1) is 0 Å². The Morgan fingerprint density at radius 2 is 1.61 bits per heavy atom. The van der Waals surface area contributed by atoms with Gasteiger partial charge in [-0.15, -0.1) is 0 Å². The summed E-state index contributed by atoms with van der Waals surface area (Å²) in [6, 6.07) is 0. The Morgan fingerprint density at radius 1 is 0.944 bits per heavy atom. The molecule has 0 fully saturated rings. The minimum absolute atomic E-state index is 0.286. The highest BCUT2D eigenvalue weighted by atomic mass is 16.5. The third-order valence-electron chi connectivity index (χ3n) is 3.45. The van der Waals surface area contributed by atoms with Gasteiger partial charge in [0.2, 0.25) is 0 Å². The van der Waals surface area contributed by atoms with E-state index in [1.807, 2.05) is 6.92 Å². The minimum atomic E-state index is -0.530. The molecule has 2 heteroatoms. The van der Waals surface area contributed by atoms with Crippen molar-refractivity contribution >= 4 is 5.78 Å². The molecular weight excluding hydrogens is 224 g/mol. The maximum Gasteiger partial charge on any atom is 0.164 e. The number of unbranched alkanes of at least 4 members (excludes halogenated alkanes) is 4. The molecule has 0 saturated heterocycles. The average Bonchev–Trinajstić information content (AvgIpc) is 2.36. The van der Waals surface area contributed by atoms with Crippen molar-refractivity contribution in [3.05, 3.63) is 0 Å². The van der Waals surface area contributed by atoms with Crippen LogP contribution in [0.15, 0.2) is 0 Å². The molecule has 0 aromatic rings. The largest absolute Gasteiger partial charge is 0.368 e. The predicted molar refractivity (Wildman–Crippen MR) is 77.9 cm³/mol. The Labute approximate surface area is 113 Å². The molecule has 0 aliphatic rings. The Kier molecular flexibility index (Phi) is 10.3. The van der Waals surface area contributed by atoms with Gasteiger partial charge < -0.3 is 4.74 Å². The van der Waals surface area contributed by atoms with Gasteiger partial charge in [-0.05, 0) is 26.2 Å². The van der Waals surface area contributed by atoms with Gasteiger partial charge in [-0.3, -0.25) is 4.79 Å². The smallest absolute Gasteiger partial charge is 0.164 e. The van der Waals surface area contributed by atoms with E-state index in [0.29, 0.717) is 13.0 Å². The molecule has 2 nitrogen and oxygen atoms in total. The van der Waals surface area contributed by atoms with Gasteiger partial charge in [-0.25, -0.2) is 0 Å². The van der Waals surface area contributed by atoms with Gasteiger partial charge >= 0.3 is 0 Å². The lowest BCUT2D eigenvalue weighted by Gasteiger charge is -2.28. The van der Waals surface area contributed by atoms with Crippen molar-refractivity contribution in [2.75, 3.05) is 6.61 Å². The molecule has 0 aliphatic carbocycles. The van der Waals surface area contributed by atoms with Crippen LogP contribution in [0.5, 0.6) is 0 Å². The van der Waals surface area contributed by atoms with E-state index in [0.717, 1.165) is 25.7 Å².